The molecule has 29 heavy (non-hydrogen) atoms. The molecule has 1 saturated heterocycles. The maximum absolute atomic E-state index is 12.9. The van der Waals surface area contributed by atoms with Crippen molar-refractivity contribution in [1.29, 1.82) is 0 Å². The molecule has 148 valence electrons. The SMILES string of the molecule is NC(=O)c1cncc(NC(=O)C(=O)N2CCCC[C@H]2c2ccc3nncn3c2)c1. The number of rotatable bonds is 3. The fourth-order valence-corrected chi connectivity index (χ4v) is 3.52. The van der Waals surface area contributed by atoms with Crippen molar-refractivity contribution in [2.24, 2.45) is 5.73 Å². The number of fused-ring (bicyclic) bond motifs is 1. The standard InChI is InChI=1S/C19H19N7O3/c20-17(27)13-7-14(9-21-8-13)23-18(28)19(29)26-6-2-1-3-15(26)12-4-5-16-24-22-11-25(16)10-12/h4-5,7-11,15H,1-3,6H2,(H2,20,27)(H,23,28)/t15-/m0/s1. The lowest BCUT2D eigenvalue weighted by Gasteiger charge is -2.35. The fraction of sp³-hybridized carbons (Fsp3) is 0.263. The molecule has 0 radical (unpaired) electrons. The van der Waals surface area contributed by atoms with Gasteiger partial charge in [-0.2, -0.15) is 0 Å². The van der Waals surface area contributed by atoms with Crippen LogP contribution in [0.3, 0.4) is 0 Å². The molecule has 1 atom stereocenters. The Hall–Kier alpha value is -3.82. The van der Waals surface area contributed by atoms with E-state index in [1.165, 1.54) is 18.5 Å². The number of primary amides is 1. The predicted molar refractivity (Wildman–Crippen MR) is 103 cm³/mol. The summed E-state index contributed by atoms with van der Waals surface area (Å²) in [6.07, 6.45) is 8.66. The maximum atomic E-state index is 12.9. The lowest BCUT2D eigenvalue weighted by Crippen LogP contribution is -2.44. The van der Waals surface area contributed by atoms with Crippen molar-refractivity contribution in [1.82, 2.24) is 24.5 Å². The van der Waals surface area contributed by atoms with Crippen LogP contribution in [-0.4, -0.2) is 48.7 Å². The van der Waals surface area contributed by atoms with Crippen LogP contribution in [0.2, 0.25) is 0 Å². The summed E-state index contributed by atoms with van der Waals surface area (Å²) in [4.78, 5) is 42.2. The van der Waals surface area contributed by atoms with Crippen LogP contribution in [0.15, 0.2) is 43.1 Å². The third-order valence-electron chi connectivity index (χ3n) is 4.94. The number of likely N-dealkylation sites (tertiary alicyclic amines) is 1. The van der Waals surface area contributed by atoms with Gasteiger partial charge < -0.3 is 16.0 Å². The van der Waals surface area contributed by atoms with Crippen LogP contribution in [0, 0.1) is 0 Å². The number of nitrogens with two attached hydrogens (primary N) is 1. The first-order valence-corrected chi connectivity index (χ1v) is 9.19. The zero-order chi connectivity index (χ0) is 20.4. The minimum atomic E-state index is -0.786. The Kier molecular flexibility index (Phi) is 4.90. The van der Waals surface area contributed by atoms with Gasteiger partial charge in [-0.3, -0.25) is 23.8 Å². The van der Waals surface area contributed by atoms with E-state index in [2.05, 4.69) is 20.5 Å². The van der Waals surface area contributed by atoms with Crippen LogP contribution < -0.4 is 11.1 Å². The summed E-state index contributed by atoms with van der Waals surface area (Å²) < 4.78 is 1.79. The van der Waals surface area contributed by atoms with Gasteiger partial charge in [0.1, 0.15) is 6.33 Å². The first-order chi connectivity index (χ1) is 14.0. The monoisotopic (exact) mass is 393 g/mol. The van der Waals surface area contributed by atoms with Gasteiger partial charge in [0.15, 0.2) is 5.65 Å². The predicted octanol–water partition coefficient (Wildman–Crippen LogP) is 0.915. The average molecular weight is 393 g/mol. The number of hydrogen-bond donors (Lipinski definition) is 2. The molecule has 0 spiro atoms. The Balaban J connectivity index is 1.54. The number of anilines is 1. The smallest absolute Gasteiger partial charge is 0.313 e. The first kappa shape index (κ1) is 18.5. The number of amides is 3. The van der Waals surface area contributed by atoms with Gasteiger partial charge in [-0.15, -0.1) is 10.2 Å². The lowest BCUT2D eigenvalue weighted by molar-refractivity contribution is -0.145. The van der Waals surface area contributed by atoms with Crippen LogP contribution in [0.5, 0.6) is 0 Å². The number of carbonyl (C=O) groups is 3. The Labute approximate surface area is 165 Å². The van der Waals surface area contributed by atoms with Crippen molar-refractivity contribution in [3.63, 3.8) is 0 Å². The van der Waals surface area contributed by atoms with Gasteiger partial charge in [0.05, 0.1) is 23.5 Å². The van der Waals surface area contributed by atoms with Gasteiger partial charge in [0.2, 0.25) is 5.91 Å². The molecular formula is C19H19N7O3. The molecule has 3 N–H and O–H groups in total. The molecule has 0 aromatic carbocycles. The van der Waals surface area contributed by atoms with E-state index in [0.717, 1.165) is 24.8 Å². The van der Waals surface area contributed by atoms with Crippen LogP contribution in [0.25, 0.3) is 5.65 Å². The lowest BCUT2D eigenvalue weighted by atomic mass is 9.96. The van der Waals surface area contributed by atoms with Crippen LogP contribution in [-0.2, 0) is 9.59 Å². The largest absolute Gasteiger partial charge is 0.366 e. The Bertz CT molecular complexity index is 1090. The van der Waals surface area contributed by atoms with E-state index in [4.69, 9.17) is 5.73 Å². The topological polar surface area (TPSA) is 136 Å². The van der Waals surface area contributed by atoms with Gasteiger partial charge in [-0.25, -0.2) is 0 Å². The molecule has 0 aliphatic carbocycles. The molecule has 0 saturated carbocycles. The van der Waals surface area contributed by atoms with Crippen molar-refractivity contribution in [2.75, 3.05) is 11.9 Å². The van der Waals surface area contributed by atoms with Gasteiger partial charge >= 0.3 is 11.8 Å². The molecule has 0 unspecified atom stereocenters. The second-order valence-corrected chi connectivity index (χ2v) is 6.85. The number of piperidine rings is 1. The molecule has 4 heterocycles. The van der Waals surface area contributed by atoms with E-state index >= 15 is 0 Å². The molecule has 1 fully saturated rings. The van der Waals surface area contributed by atoms with Crippen LogP contribution in [0.4, 0.5) is 5.69 Å². The zero-order valence-corrected chi connectivity index (χ0v) is 15.5. The molecule has 10 heteroatoms. The van der Waals surface area contributed by atoms with E-state index in [1.807, 2.05) is 18.3 Å². The maximum Gasteiger partial charge on any atom is 0.313 e. The van der Waals surface area contributed by atoms with Gasteiger partial charge in [0, 0.05) is 18.9 Å². The number of pyridine rings is 2. The van der Waals surface area contributed by atoms with E-state index in [1.54, 1.807) is 15.6 Å². The number of nitrogens with one attached hydrogen (secondary N) is 1. The number of aromatic nitrogens is 4. The van der Waals surface area contributed by atoms with E-state index < -0.39 is 17.7 Å². The molecule has 1 aliphatic rings. The highest BCUT2D eigenvalue weighted by Crippen LogP contribution is 2.31. The van der Waals surface area contributed by atoms with Crippen molar-refractivity contribution in [2.45, 2.75) is 25.3 Å². The normalized spacial score (nSPS) is 16.6. The number of carbonyl (C=O) groups excluding carboxylic acids is 3. The first-order valence-electron chi connectivity index (χ1n) is 9.19. The molecule has 10 nitrogen and oxygen atoms in total. The number of nitrogens with zero attached hydrogens (tertiary/aromatic N) is 5. The summed E-state index contributed by atoms with van der Waals surface area (Å²) in [7, 11) is 0. The molecule has 1 aliphatic heterocycles. The van der Waals surface area contributed by atoms with Crippen molar-refractivity contribution >= 4 is 29.1 Å². The summed E-state index contributed by atoms with van der Waals surface area (Å²) in [6, 6.07) is 4.90. The highest BCUT2D eigenvalue weighted by atomic mass is 16.2. The second kappa shape index (κ2) is 7.66. The quantitative estimate of drug-likeness (QED) is 0.635. The summed E-state index contributed by atoms with van der Waals surface area (Å²) in [5.41, 5.74) is 7.23. The Morgan fingerprint density at radius 1 is 1.17 bits per heavy atom. The van der Waals surface area contributed by atoms with E-state index in [9.17, 15) is 14.4 Å². The van der Waals surface area contributed by atoms with E-state index in [-0.39, 0.29) is 17.3 Å². The van der Waals surface area contributed by atoms with Gasteiger partial charge in [-0.05, 0) is 37.0 Å². The summed E-state index contributed by atoms with van der Waals surface area (Å²) in [6.45, 7) is 0.483. The third-order valence-corrected chi connectivity index (χ3v) is 4.94. The van der Waals surface area contributed by atoms with Gasteiger partial charge in [-0.1, -0.05) is 6.07 Å². The Morgan fingerprint density at radius 3 is 2.86 bits per heavy atom. The molecule has 3 amide bonds. The molecule has 3 aromatic rings. The van der Waals surface area contributed by atoms with Crippen LogP contribution >= 0.6 is 0 Å². The fourth-order valence-electron chi connectivity index (χ4n) is 3.52. The van der Waals surface area contributed by atoms with Crippen molar-refractivity contribution in [3.05, 3.63) is 54.2 Å². The average Bonchev–Trinajstić information content (AvgIpc) is 3.21. The molecular weight excluding hydrogens is 374 g/mol. The molecule has 0 bridgehead atoms. The summed E-state index contributed by atoms with van der Waals surface area (Å²) >= 11 is 0. The summed E-state index contributed by atoms with van der Waals surface area (Å²) in [5, 5.41) is 10.4. The molecule has 4 rings (SSSR count). The minimum Gasteiger partial charge on any atom is -0.366 e. The highest BCUT2D eigenvalue weighted by molar-refractivity contribution is 6.39. The zero-order valence-electron chi connectivity index (χ0n) is 15.5. The summed E-state index contributed by atoms with van der Waals surface area (Å²) in [5.74, 6) is -2.09. The highest BCUT2D eigenvalue weighted by Gasteiger charge is 2.32. The van der Waals surface area contributed by atoms with Crippen molar-refractivity contribution < 1.29 is 14.4 Å². The number of hydrogen-bond acceptors (Lipinski definition) is 6. The Morgan fingerprint density at radius 2 is 2.03 bits per heavy atom. The van der Waals surface area contributed by atoms with E-state index in [0.29, 0.717) is 12.2 Å². The minimum absolute atomic E-state index is 0.147. The van der Waals surface area contributed by atoms with Gasteiger partial charge in [0.25, 0.3) is 0 Å². The van der Waals surface area contributed by atoms with Crippen LogP contribution in [0.1, 0.15) is 41.2 Å². The molecule has 3 aromatic heterocycles. The van der Waals surface area contributed by atoms with Crippen molar-refractivity contribution in [3.8, 4) is 0 Å². The second-order valence-electron chi connectivity index (χ2n) is 6.85. The third kappa shape index (κ3) is 3.77.